The number of hydrogen-bond acceptors (Lipinski definition) is 2. The van der Waals surface area contributed by atoms with E-state index >= 15 is 0 Å². The molecule has 0 heterocycles. The van der Waals surface area contributed by atoms with E-state index in [9.17, 15) is 0 Å². The number of nitriles is 1. The molecule has 0 radical (unpaired) electrons. The Labute approximate surface area is 102 Å². The Morgan fingerprint density at radius 2 is 2.19 bits per heavy atom. The summed E-state index contributed by atoms with van der Waals surface area (Å²) in [5, 5.41) is 9.08. The number of unbranched alkanes of at least 4 members (excludes halogenated alkanes) is 2. The topological polar surface area (TPSA) is 33.0 Å². The van der Waals surface area contributed by atoms with E-state index < -0.39 is 0 Å². The number of halogens is 1. The van der Waals surface area contributed by atoms with Crippen LogP contribution in [-0.4, -0.2) is 6.61 Å². The Kier molecular flexibility index (Phi) is 5.74. The lowest BCUT2D eigenvalue weighted by atomic mass is 10.1. The van der Waals surface area contributed by atoms with Gasteiger partial charge in [0.15, 0.2) is 0 Å². The largest absolute Gasteiger partial charge is 0.492 e. The quantitative estimate of drug-likeness (QED) is 0.702. The minimum atomic E-state index is 0.626. The molecule has 2 nitrogen and oxygen atoms in total. The van der Waals surface area contributed by atoms with E-state index in [1.165, 1.54) is 5.56 Å². The Morgan fingerprint density at radius 3 is 2.81 bits per heavy atom. The average Bonchev–Trinajstić information content (AvgIpc) is 2.28. The molecule has 1 aromatic carbocycles. The van der Waals surface area contributed by atoms with Crippen LogP contribution in [0.5, 0.6) is 5.75 Å². The van der Waals surface area contributed by atoms with Crippen molar-refractivity contribution >= 4 is 11.6 Å². The fourth-order valence-corrected chi connectivity index (χ4v) is 1.76. The predicted molar refractivity (Wildman–Crippen MR) is 65.8 cm³/mol. The van der Waals surface area contributed by atoms with E-state index in [4.69, 9.17) is 21.6 Å². The number of aryl methyl sites for hydroxylation is 1. The first-order valence-corrected chi connectivity index (χ1v) is 5.94. The van der Waals surface area contributed by atoms with E-state index in [2.05, 4.69) is 6.07 Å². The van der Waals surface area contributed by atoms with Crippen molar-refractivity contribution < 1.29 is 4.74 Å². The second-order valence-corrected chi connectivity index (χ2v) is 3.97. The molecule has 1 rings (SSSR count). The standard InChI is InChI=1S/C13H16ClNO/c1-2-16-13-8-7-11(10-12(13)14)6-4-3-5-9-15/h7-8,10H,2-6H2,1H3. The van der Waals surface area contributed by atoms with Crippen LogP contribution in [0.25, 0.3) is 0 Å². The van der Waals surface area contributed by atoms with Crippen LogP contribution < -0.4 is 4.74 Å². The van der Waals surface area contributed by atoms with Gasteiger partial charge in [0.05, 0.1) is 17.7 Å². The number of hydrogen-bond donors (Lipinski definition) is 0. The maximum Gasteiger partial charge on any atom is 0.137 e. The lowest BCUT2D eigenvalue weighted by Gasteiger charge is -2.07. The van der Waals surface area contributed by atoms with Gasteiger partial charge in [0.1, 0.15) is 5.75 Å². The zero-order valence-corrected chi connectivity index (χ0v) is 10.3. The van der Waals surface area contributed by atoms with Crippen molar-refractivity contribution in [3.8, 4) is 11.8 Å². The van der Waals surface area contributed by atoms with E-state index in [1.807, 2.05) is 25.1 Å². The summed E-state index contributed by atoms with van der Waals surface area (Å²) in [7, 11) is 0. The minimum absolute atomic E-state index is 0.626. The Morgan fingerprint density at radius 1 is 1.38 bits per heavy atom. The molecule has 0 aliphatic carbocycles. The van der Waals surface area contributed by atoms with Gasteiger partial charge in [-0.15, -0.1) is 0 Å². The van der Waals surface area contributed by atoms with Crippen LogP contribution in [0.3, 0.4) is 0 Å². The van der Waals surface area contributed by atoms with Crippen molar-refractivity contribution in [2.75, 3.05) is 6.61 Å². The van der Waals surface area contributed by atoms with Gasteiger partial charge in [0.2, 0.25) is 0 Å². The van der Waals surface area contributed by atoms with Crippen LogP contribution in [-0.2, 0) is 6.42 Å². The first-order chi connectivity index (χ1) is 7.77. The number of ether oxygens (including phenoxy) is 1. The van der Waals surface area contributed by atoms with Gasteiger partial charge in [0.25, 0.3) is 0 Å². The summed E-state index contributed by atoms with van der Waals surface area (Å²) in [6.07, 6.45) is 3.57. The van der Waals surface area contributed by atoms with Crippen molar-refractivity contribution in [1.29, 1.82) is 5.26 Å². The van der Waals surface area contributed by atoms with Gasteiger partial charge in [-0.25, -0.2) is 0 Å². The highest BCUT2D eigenvalue weighted by Gasteiger charge is 2.02. The van der Waals surface area contributed by atoms with Crippen molar-refractivity contribution in [1.82, 2.24) is 0 Å². The molecule has 0 saturated heterocycles. The van der Waals surface area contributed by atoms with Gasteiger partial charge >= 0.3 is 0 Å². The molecule has 0 fully saturated rings. The maximum absolute atomic E-state index is 8.42. The zero-order chi connectivity index (χ0) is 11.8. The highest BCUT2D eigenvalue weighted by atomic mass is 35.5. The smallest absolute Gasteiger partial charge is 0.137 e. The van der Waals surface area contributed by atoms with Gasteiger partial charge in [-0.1, -0.05) is 17.7 Å². The monoisotopic (exact) mass is 237 g/mol. The van der Waals surface area contributed by atoms with E-state index in [0.717, 1.165) is 25.0 Å². The van der Waals surface area contributed by atoms with E-state index in [0.29, 0.717) is 18.1 Å². The van der Waals surface area contributed by atoms with Crippen LogP contribution in [0.2, 0.25) is 5.02 Å². The molecule has 1 aromatic rings. The molecule has 86 valence electrons. The average molecular weight is 238 g/mol. The zero-order valence-electron chi connectivity index (χ0n) is 9.50. The molecule has 0 aliphatic heterocycles. The van der Waals surface area contributed by atoms with Crippen molar-refractivity contribution in [2.24, 2.45) is 0 Å². The molecule has 3 heteroatoms. The second kappa shape index (κ2) is 7.14. The second-order valence-electron chi connectivity index (χ2n) is 3.56. The molecular formula is C13H16ClNO. The summed E-state index contributed by atoms with van der Waals surface area (Å²) in [4.78, 5) is 0. The maximum atomic E-state index is 8.42. The molecule has 0 saturated carbocycles. The van der Waals surface area contributed by atoms with Crippen LogP contribution in [0.4, 0.5) is 0 Å². The van der Waals surface area contributed by atoms with Gasteiger partial charge in [-0.05, 0) is 43.9 Å². The predicted octanol–water partition coefficient (Wildman–Crippen LogP) is 3.98. The van der Waals surface area contributed by atoms with Gasteiger partial charge < -0.3 is 4.74 Å². The molecule has 0 spiro atoms. The SMILES string of the molecule is CCOc1ccc(CCCCC#N)cc1Cl. The molecule has 0 amide bonds. The first-order valence-electron chi connectivity index (χ1n) is 5.56. The summed E-state index contributed by atoms with van der Waals surface area (Å²) in [6, 6.07) is 8.03. The minimum Gasteiger partial charge on any atom is -0.492 e. The lowest BCUT2D eigenvalue weighted by Crippen LogP contribution is -1.93. The molecule has 16 heavy (non-hydrogen) atoms. The molecular weight excluding hydrogens is 222 g/mol. The van der Waals surface area contributed by atoms with Crippen molar-refractivity contribution in [3.05, 3.63) is 28.8 Å². The van der Waals surface area contributed by atoms with Gasteiger partial charge in [0, 0.05) is 6.42 Å². The van der Waals surface area contributed by atoms with Crippen LogP contribution in [0.1, 0.15) is 31.7 Å². The molecule has 0 atom stereocenters. The van der Waals surface area contributed by atoms with Gasteiger partial charge in [-0.2, -0.15) is 5.26 Å². The summed E-state index contributed by atoms with van der Waals surface area (Å²) in [5.41, 5.74) is 1.20. The highest BCUT2D eigenvalue weighted by Crippen LogP contribution is 2.26. The van der Waals surface area contributed by atoms with Crippen LogP contribution >= 0.6 is 11.6 Å². The molecule has 0 bridgehead atoms. The fraction of sp³-hybridized carbons (Fsp3) is 0.462. The van der Waals surface area contributed by atoms with Crippen LogP contribution in [0, 0.1) is 11.3 Å². The lowest BCUT2D eigenvalue weighted by molar-refractivity contribution is 0.340. The van der Waals surface area contributed by atoms with Crippen molar-refractivity contribution in [2.45, 2.75) is 32.6 Å². The third-order valence-electron chi connectivity index (χ3n) is 2.30. The number of benzene rings is 1. The summed E-state index contributed by atoms with van der Waals surface area (Å²) in [5.74, 6) is 0.741. The van der Waals surface area contributed by atoms with Crippen molar-refractivity contribution in [3.63, 3.8) is 0 Å². The summed E-state index contributed by atoms with van der Waals surface area (Å²) < 4.78 is 5.36. The highest BCUT2D eigenvalue weighted by molar-refractivity contribution is 6.32. The van der Waals surface area contributed by atoms with E-state index in [-0.39, 0.29) is 0 Å². The first kappa shape index (κ1) is 12.9. The number of nitrogens with zero attached hydrogens (tertiary/aromatic N) is 1. The van der Waals surface area contributed by atoms with Gasteiger partial charge in [-0.3, -0.25) is 0 Å². The fourth-order valence-electron chi connectivity index (χ4n) is 1.51. The third-order valence-corrected chi connectivity index (χ3v) is 2.60. The third kappa shape index (κ3) is 4.12. The Bertz CT molecular complexity index is 371. The van der Waals surface area contributed by atoms with E-state index in [1.54, 1.807) is 0 Å². The number of rotatable bonds is 6. The molecule has 0 aliphatic rings. The molecule has 0 aromatic heterocycles. The molecule has 0 unspecified atom stereocenters. The summed E-state index contributed by atoms with van der Waals surface area (Å²) in [6.45, 7) is 2.56. The Hall–Kier alpha value is -1.20. The summed E-state index contributed by atoms with van der Waals surface area (Å²) >= 11 is 6.07. The van der Waals surface area contributed by atoms with Crippen LogP contribution in [0.15, 0.2) is 18.2 Å². The molecule has 0 N–H and O–H groups in total. The Balaban J connectivity index is 2.50. The normalized spacial score (nSPS) is 9.81.